The van der Waals surface area contributed by atoms with E-state index in [2.05, 4.69) is 9.72 Å². The molecule has 114 valence electrons. The number of hydrogen-bond donors (Lipinski definition) is 0. The Labute approximate surface area is 121 Å². The average molecular weight is 314 g/mol. The van der Waals surface area contributed by atoms with Crippen LogP contribution in [-0.4, -0.2) is 64.9 Å². The van der Waals surface area contributed by atoms with Crippen molar-refractivity contribution in [1.29, 1.82) is 0 Å². The smallest absolute Gasteiger partial charge is 0.417 e. The number of hydrogen-bond acceptors (Lipinski definition) is 6. The van der Waals surface area contributed by atoms with Gasteiger partial charge in [0.05, 0.1) is 12.4 Å². The van der Waals surface area contributed by atoms with Crippen LogP contribution in [0.2, 0.25) is 0 Å². The van der Waals surface area contributed by atoms with E-state index < -0.39 is 28.1 Å². The molecule has 2 fully saturated rings. The summed E-state index contributed by atoms with van der Waals surface area (Å²) in [7, 11) is -2.03. The van der Waals surface area contributed by atoms with Crippen LogP contribution < -0.4 is 0 Å². The molecule has 2 aliphatic heterocycles. The van der Waals surface area contributed by atoms with Gasteiger partial charge < -0.3 is 9.30 Å². The molecule has 2 saturated heterocycles. The van der Waals surface area contributed by atoms with E-state index >= 15 is 0 Å². The van der Waals surface area contributed by atoms with Gasteiger partial charge in [-0.2, -0.15) is 4.31 Å². The maximum absolute atomic E-state index is 12.4. The second-order valence-corrected chi connectivity index (χ2v) is 6.89. The van der Waals surface area contributed by atoms with Crippen molar-refractivity contribution in [2.45, 2.75) is 17.5 Å². The summed E-state index contributed by atoms with van der Waals surface area (Å²) in [6.45, 7) is 0.0305. The third-order valence-corrected chi connectivity index (χ3v) is 5.31. The van der Waals surface area contributed by atoms with Crippen molar-refractivity contribution in [2.24, 2.45) is 7.05 Å². The summed E-state index contributed by atoms with van der Waals surface area (Å²) in [6.07, 6.45) is 2.51. The fourth-order valence-electron chi connectivity index (χ4n) is 2.51. The van der Waals surface area contributed by atoms with Crippen LogP contribution in [0.3, 0.4) is 0 Å². The van der Waals surface area contributed by atoms with Crippen molar-refractivity contribution < 1.29 is 22.7 Å². The highest BCUT2D eigenvalue weighted by Gasteiger charge is 2.43. The second-order valence-electron chi connectivity index (χ2n) is 5.00. The Morgan fingerprint density at radius 2 is 2.14 bits per heavy atom. The lowest BCUT2D eigenvalue weighted by atomic mass is 10.2. The molecule has 0 saturated carbocycles. The molecule has 0 spiro atoms. The van der Waals surface area contributed by atoms with Crippen molar-refractivity contribution in [1.82, 2.24) is 18.8 Å². The summed E-state index contributed by atoms with van der Waals surface area (Å²) in [5.74, 6) is -0.429. The molecule has 0 aromatic carbocycles. The van der Waals surface area contributed by atoms with E-state index in [9.17, 15) is 18.0 Å². The van der Waals surface area contributed by atoms with Gasteiger partial charge in [0.2, 0.25) is 0 Å². The Morgan fingerprint density at radius 3 is 2.71 bits per heavy atom. The Kier molecular flexibility index (Phi) is 3.21. The van der Waals surface area contributed by atoms with Gasteiger partial charge in [-0.3, -0.25) is 4.79 Å². The molecule has 0 aliphatic carbocycles. The first kappa shape index (κ1) is 14.0. The summed E-state index contributed by atoms with van der Waals surface area (Å²) >= 11 is 0. The molecular formula is C11H14N4O5S. The molecule has 1 aromatic rings. The van der Waals surface area contributed by atoms with Gasteiger partial charge in [0.25, 0.3) is 15.9 Å². The third-order valence-electron chi connectivity index (χ3n) is 3.56. The van der Waals surface area contributed by atoms with Crippen LogP contribution in [0.25, 0.3) is 0 Å². The molecular weight excluding hydrogens is 300 g/mol. The van der Waals surface area contributed by atoms with Crippen molar-refractivity contribution in [3.63, 3.8) is 0 Å². The molecule has 10 heteroatoms. The van der Waals surface area contributed by atoms with E-state index in [1.807, 2.05) is 0 Å². The first-order chi connectivity index (χ1) is 9.89. The summed E-state index contributed by atoms with van der Waals surface area (Å²) in [5.41, 5.74) is 0. The number of carbonyl (C=O) groups excluding carboxylic acids is 2. The van der Waals surface area contributed by atoms with Crippen LogP contribution in [-0.2, 0) is 26.6 Å². The zero-order valence-electron chi connectivity index (χ0n) is 11.3. The highest BCUT2D eigenvalue weighted by Crippen LogP contribution is 2.24. The minimum atomic E-state index is -3.70. The van der Waals surface area contributed by atoms with E-state index in [-0.39, 0.29) is 24.7 Å². The molecule has 3 rings (SSSR count). The standard InChI is InChI=1S/C11H14N4O5S/c1-13-5-9(12-7-13)21(18,19)14-3-2-8(4-14)15-10(16)6-20-11(15)17/h5,7-8H,2-4,6H2,1H3. The molecule has 0 N–H and O–H groups in total. The van der Waals surface area contributed by atoms with E-state index in [1.165, 1.54) is 16.8 Å². The number of aryl methyl sites for hydroxylation is 1. The molecule has 21 heavy (non-hydrogen) atoms. The summed E-state index contributed by atoms with van der Waals surface area (Å²) < 4.78 is 32.2. The number of ether oxygens (including phenoxy) is 1. The molecule has 1 unspecified atom stereocenters. The predicted molar refractivity (Wildman–Crippen MR) is 68.6 cm³/mol. The molecule has 2 aliphatic rings. The van der Waals surface area contributed by atoms with E-state index in [0.29, 0.717) is 6.42 Å². The van der Waals surface area contributed by atoms with Gasteiger partial charge in [0.1, 0.15) is 0 Å². The largest absolute Gasteiger partial charge is 0.439 e. The second kappa shape index (κ2) is 4.81. The number of amides is 2. The molecule has 3 heterocycles. The fraction of sp³-hybridized carbons (Fsp3) is 0.545. The van der Waals surface area contributed by atoms with Gasteiger partial charge in [-0.1, -0.05) is 0 Å². The van der Waals surface area contributed by atoms with Crippen molar-refractivity contribution in [3.8, 4) is 0 Å². The topological polar surface area (TPSA) is 102 Å². The number of nitrogens with zero attached hydrogens (tertiary/aromatic N) is 4. The quantitative estimate of drug-likeness (QED) is 0.721. The molecule has 9 nitrogen and oxygen atoms in total. The van der Waals surface area contributed by atoms with Crippen molar-refractivity contribution in [2.75, 3.05) is 19.7 Å². The predicted octanol–water partition coefficient (Wildman–Crippen LogP) is -0.838. The monoisotopic (exact) mass is 314 g/mol. The third kappa shape index (κ3) is 2.29. The lowest BCUT2D eigenvalue weighted by molar-refractivity contribution is -0.127. The maximum atomic E-state index is 12.4. The average Bonchev–Trinajstić information content (AvgIpc) is 3.11. The number of carbonyl (C=O) groups is 2. The maximum Gasteiger partial charge on any atom is 0.417 e. The number of rotatable bonds is 3. The number of imidazole rings is 1. The minimum absolute atomic E-state index is 0.0408. The van der Waals surface area contributed by atoms with Crippen LogP contribution in [0, 0.1) is 0 Å². The summed E-state index contributed by atoms with van der Waals surface area (Å²) in [5, 5.41) is -0.0408. The lowest BCUT2D eigenvalue weighted by Gasteiger charge is -2.19. The highest BCUT2D eigenvalue weighted by atomic mass is 32.2. The Morgan fingerprint density at radius 1 is 1.38 bits per heavy atom. The van der Waals surface area contributed by atoms with Crippen LogP contribution in [0.15, 0.2) is 17.6 Å². The van der Waals surface area contributed by atoms with Crippen molar-refractivity contribution in [3.05, 3.63) is 12.5 Å². The molecule has 1 aromatic heterocycles. The van der Waals surface area contributed by atoms with Gasteiger partial charge in [-0.05, 0) is 6.42 Å². The Balaban J connectivity index is 1.78. The van der Waals surface area contributed by atoms with E-state index in [4.69, 9.17) is 0 Å². The van der Waals surface area contributed by atoms with Crippen LogP contribution >= 0.6 is 0 Å². The molecule has 0 radical (unpaired) electrons. The first-order valence-corrected chi connectivity index (χ1v) is 7.80. The molecule has 2 amide bonds. The normalized spacial score (nSPS) is 23.9. The van der Waals surface area contributed by atoms with Crippen LogP contribution in [0.4, 0.5) is 4.79 Å². The van der Waals surface area contributed by atoms with Gasteiger partial charge in [-0.15, -0.1) is 0 Å². The Bertz CT molecular complexity index is 681. The zero-order chi connectivity index (χ0) is 15.2. The van der Waals surface area contributed by atoms with Crippen LogP contribution in [0.1, 0.15) is 6.42 Å². The first-order valence-electron chi connectivity index (χ1n) is 6.36. The minimum Gasteiger partial charge on any atom is -0.439 e. The van der Waals surface area contributed by atoms with E-state index in [1.54, 1.807) is 11.6 Å². The highest BCUT2D eigenvalue weighted by molar-refractivity contribution is 7.89. The van der Waals surface area contributed by atoms with E-state index in [0.717, 1.165) is 4.90 Å². The lowest BCUT2D eigenvalue weighted by Crippen LogP contribution is -2.42. The number of sulfonamides is 1. The van der Waals surface area contributed by atoms with Gasteiger partial charge in [0.15, 0.2) is 11.6 Å². The fourth-order valence-corrected chi connectivity index (χ4v) is 3.97. The van der Waals surface area contributed by atoms with Gasteiger partial charge >= 0.3 is 6.09 Å². The van der Waals surface area contributed by atoms with Gasteiger partial charge in [0, 0.05) is 26.3 Å². The molecule has 0 bridgehead atoms. The summed E-state index contributed by atoms with van der Waals surface area (Å²) in [6, 6.07) is -0.481. The number of imide groups is 1. The zero-order valence-corrected chi connectivity index (χ0v) is 12.1. The number of aromatic nitrogens is 2. The molecule has 1 atom stereocenters. The Hall–Kier alpha value is -1.94. The number of cyclic esters (lactones) is 1. The van der Waals surface area contributed by atoms with Crippen LogP contribution in [0.5, 0.6) is 0 Å². The SMILES string of the molecule is Cn1cnc(S(=O)(=O)N2CCC(N3C(=O)COC3=O)C2)c1. The van der Waals surface area contributed by atoms with Crippen molar-refractivity contribution >= 4 is 22.0 Å². The van der Waals surface area contributed by atoms with Gasteiger partial charge in [-0.25, -0.2) is 23.1 Å². The summed E-state index contributed by atoms with van der Waals surface area (Å²) in [4.78, 5) is 28.0.